The summed E-state index contributed by atoms with van der Waals surface area (Å²) in [5.74, 6) is 2.37. The van der Waals surface area contributed by atoms with Crippen molar-refractivity contribution in [3.05, 3.63) is 18.5 Å². The van der Waals surface area contributed by atoms with Crippen LogP contribution in [0.3, 0.4) is 0 Å². The molecule has 1 unspecified atom stereocenters. The molecule has 1 aromatic rings. The van der Waals surface area contributed by atoms with Crippen molar-refractivity contribution in [3.63, 3.8) is 0 Å². The molecule has 0 saturated carbocycles. The van der Waals surface area contributed by atoms with E-state index in [1.807, 2.05) is 17.6 Å². The molecule has 118 valence electrons. The Morgan fingerprint density at radius 2 is 2.14 bits per heavy atom. The Morgan fingerprint density at radius 1 is 1.43 bits per heavy atom. The average molecular weight is 310 g/mol. The minimum absolute atomic E-state index is 0.322. The molecule has 21 heavy (non-hydrogen) atoms. The van der Waals surface area contributed by atoms with Crippen LogP contribution in [-0.2, 0) is 6.54 Å². The lowest BCUT2D eigenvalue weighted by atomic mass is 9.99. The minimum atomic E-state index is -0.322. The van der Waals surface area contributed by atoms with E-state index in [9.17, 15) is 5.11 Å². The molecule has 1 aliphatic rings. The lowest BCUT2D eigenvalue weighted by Crippen LogP contribution is -2.39. The fourth-order valence-electron chi connectivity index (χ4n) is 2.57. The van der Waals surface area contributed by atoms with Crippen molar-refractivity contribution in [2.75, 3.05) is 25.4 Å². The lowest BCUT2D eigenvalue weighted by molar-refractivity contribution is 0.105. The molecule has 1 aliphatic heterocycles. The highest BCUT2D eigenvalue weighted by Gasteiger charge is 2.19. The van der Waals surface area contributed by atoms with Crippen LogP contribution in [0.15, 0.2) is 17.8 Å². The summed E-state index contributed by atoms with van der Waals surface area (Å²) in [5.41, 5.74) is 0. The van der Waals surface area contributed by atoms with Crippen LogP contribution in [-0.4, -0.2) is 56.3 Å². The van der Waals surface area contributed by atoms with Crippen LogP contribution < -0.4 is 0 Å². The Morgan fingerprint density at radius 3 is 2.81 bits per heavy atom. The van der Waals surface area contributed by atoms with Gasteiger partial charge in [-0.05, 0) is 38.8 Å². The molecule has 1 N–H and O–H groups in total. The van der Waals surface area contributed by atoms with Crippen LogP contribution in [0.2, 0.25) is 0 Å². The van der Waals surface area contributed by atoms with E-state index in [2.05, 4.69) is 28.6 Å². The lowest BCUT2D eigenvalue weighted by Gasteiger charge is -2.31. The number of thioether (sulfide) groups is 1. The van der Waals surface area contributed by atoms with Crippen LogP contribution in [0, 0.1) is 12.8 Å². The molecular weight excluding hydrogens is 284 g/mol. The first-order valence-electron chi connectivity index (χ1n) is 7.64. The van der Waals surface area contributed by atoms with Gasteiger partial charge in [-0.1, -0.05) is 24.8 Å². The SMILES string of the molecule is C=CCn1c(C)nnc1SCC(O)CN1CCC(C)CC1. The second-order valence-corrected chi connectivity index (χ2v) is 6.86. The summed E-state index contributed by atoms with van der Waals surface area (Å²) in [6, 6.07) is 0. The normalized spacial score (nSPS) is 18.8. The second-order valence-electron chi connectivity index (χ2n) is 5.88. The summed E-state index contributed by atoms with van der Waals surface area (Å²) >= 11 is 1.57. The fraction of sp³-hybridized carbons (Fsp3) is 0.733. The third-order valence-electron chi connectivity index (χ3n) is 3.96. The van der Waals surface area contributed by atoms with E-state index in [1.165, 1.54) is 12.8 Å². The second kappa shape index (κ2) is 7.96. The summed E-state index contributed by atoms with van der Waals surface area (Å²) in [7, 11) is 0. The molecule has 2 heterocycles. The van der Waals surface area contributed by atoms with Gasteiger partial charge in [0.15, 0.2) is 5.16 Å². The molecule has 0 amide bonds. The predicted molar refractivity (Wildman–Crippen MR) is 86.5 cm³/mol. The van der Waals surface area contributed by atoms with Crippen molar-refractivity contribution >= 4 is 11.8 Å². The topological polar surface area (TPSA) is 54.2 Å². The largest absolute Gasteiger partial charge is 0.391 e. The molecule has 1 aromatic heterocycles. The molecule has 0 bridgehead atoms. The number of piperidine rings is 1. The van der Waals surface area contributed by atoms with E-state index in [4.69, 9.17) is 0 Å². The van der Waals surface area contributed by atoms with Crippen molar-refractivity contribution < 1.29 is 5.11 Å². The highest BCUT2D eigenvalue weighted by Crippen LogP contribution is 2.20. The van der Waals surface area contributed by atoms with Crippen LogP contribution >= 0.6 is 11.8 Å². The molecule has 0 radical (unpaired) electrons. The summed E-state index contributed by atoms with van der Waals surface area (Å²) in [6.45, 7) is 11.7. The Balaban J connectivity index is 1.78. The molecule has 2 rings (SSSR count). The van der Waals surface area contributed by atoms with Gasteiger partial charge in [0.05, 0.1) is 6.10 Å². The maximum absolute atomic E-state index is 10.2. The van der Waals surface area contributed by atoms with E-state index in [1.54, 1.807) is 11.8 Å². The van der Waals surface area contributed by atoms with Gasteiger partial charge in [-0.25, -0.2) is 0 Å². The summed E-state index contributed by atoms with van der Waals surface area (Å²) in [6.07, 6.45) is 4.00. The molecule has 1 atom stereocenters. The van der Waals surface area contributed by atoms with Gasteiger partial charge in [0, 0.05) is 18.8 Å². The van der Waals surface area contributed by atoms with E-state index in [0.29, 0.717) is 12.3 Å². The molecule has 0 spiro atoms. The van der Waals surface area contributed by atoms with Gasteiger partial charge in [-0.3, -0.25) is 0 Å². The molecule has 1 saturated heterocycles. The Labute approximate surface area is 131 Å². The smallest absolute Gasteiger partial charge is 0.191 e. The first kappa shape index (κ1) is 16.5. The van der Waals surface area contributed by atoms with Crippen molar-refractivity contribution in [1.82, 2.24) is 19.7 Å². The summed E-state index contributed by atoms with van der Waals surface area (Å²) in [5, 5.41) is 19.3. The molecule has 6 heteroatoms. The highest BCUT2D eigenvalue weighted by atomic mass is 32.2. The number of aliphatic hydroxyl groups excluding tert-OH is 1. The number of hydrogen-bond acceptors (Lipinski definition) is 5. The van der Waals surface area contributed by atoms with Gasteiger partial charge >= 0.3 is 0 Å². The number of β-amino-alcohol motifs (C(OH)–C–C–N with tert-alkyl or cyclic N) is 1. The quantitative estimate of drug-likeness (QED) is 0.616. The number of aliphatic hydroxyl groups is 1. The van der Waals surface area contributed by atoms with E-state index >= 15 is 0 Å². The van der Waals surface area contributed by atoms with Gasteiger partial charge in [-0.2, -0.15) is 0 Å². The van der Waals surface area contributed by atoms with Crippen molar-refractivity contribution in [2.24, 2.45) is 5.92 Å². The highest BCUT2D eigenvalue weighted by molar-refractivity contribution is 7.99. The molecular formula is C15H26N4OS. The standard InChI is InChI=1S/C15H26N4OS/c1-4-7-19-13(3)16-17-15(19)21-11-14(20)10-18-8-5-12(2)6-9-18/h4,12,14,20H,1,5-11H2,2-3H3. The van der Waals surface area contributed by atoms with Crippen LogP contribution in [0.1, 0.15) is 25.6 Å². The Bertz CT molecular complexity index is 455. The fourth-order valence-corrected chi connectivity index (χ4v) is 3.48. The van der Waals surface area contributed by atoms with Gasteiger partial charge < -0.3 is 14.6 Å². The number of aryl methyl sites for hydroxylation is 1. The third kappa shape index (κ3) is 4.83. The summed E-state index contributed by atoms with van der Waals surface area (Å²) < 4.78 is 2.02. The average Bonchev–Trinajstić information content (AvgIpc) is 2.81. The minimum Gasteiger partial charge on any atom is -0.391 e. The monoisotopic (exact) mass is 310 g/mol. The third-order valence-corrected chi connectivity index (χ3v) is 5.08. The molecule has 1 fully saturated rings. The number of rotatable bonds is 7. The van der Waals surface area contributed by atoms with Gasteiger partial charge in [0.2, 0.25) is 0 Å². The van der Waals surface area contributed by atoms with E-state index < -0.39 is 0 Å². The van der Waals surface area contributed by atoms with Crippen molar-refractivity contribution in [3.8, 4) is 0 Å². The first-order valence-corrected chi connectivity index (χ1v) is 8.62. The maximum atomic E-state index is 10.2. The predicted octanol–water partition coefficient (Wildman–Crippen LogP) is 1.96. The van der Waals surface area contributed by atoms with Crippen LogP contribution in [0.5, 0.6) is 0 Å². The molecule has 0 aromatic carbocycles. The van der Waals surface area contributed by atoms with Crippen molar-refractivity contribution in [2.45, 2.75) is 44.5 Å². The number of hydrogen-bond donors (Lipinski definition) is 1. The Kier molecular flexibility index (Phi) is 6.26. The number of nitrogens with zero attached hydrogens (tertiary/aromatic N) is 4. The first-order chi connectivity index (χ1) is 10.1. The molecule has 5 nitrogen and oxygen atoms in total. The molecule has 0 aliphatic carbocycles. The van der Waals surface area contributed by atoms with E-state index in [-0.39, 0.29) is 6.10 Å². The van der Waals surface area contributed by atoms with Gasteiger partial charge in [-0.15, -0.1) is 16.8 Å². The van der Waals surface area contributed by atoms with Crippen LogP contribution in [0.25, 0.3) is 0 Å². The van der Waals surface area contributed by atoms with Crippen molar-refractivity contribution in [1.29, 1.82) is 0 Å². The Hall–Kier alpha value is -0.850. The van der Waals surface area contributed by atoms with Gasteiger partial charge in [0.25, 0.3) is 0 Å². The number of aromatic nitrogens is 3. The zero-order valence-electron chi connectivity index (χ0n) is 13.0. The number of allylic oxidation sites excluding steroid dienone is 1. The summed E-state index contributed by atoms with van der Waals surface area (Å²) in [4.78, 5) is 2.37. The maximum Gasteiger partial charge on any atom is 0.191 e. The zero-order chi connectivity index (χ0) is 15.2. The zero-order valence-corrected chi connectivity index (χ0v) is 13.8. The van der Waals surface area contributed by atoms with Crippen LogP contribution in [0.4, 0.5) is 0 Å². The number of likely N-dealkylation sites (tertiary alicyclic amines) is 1. The van der Waals surface area contributed by atoms with E-state index in [0.717, 1.165) is 36.5 Å². The van der Waals surface area contributed by atoms with Gasteiger partial charge in [0.1, 0.15) is 5.82 Å².